The van der Waals surface area contributed by atoms with Crippen molar-refractivity contribution < 1.29 is 9.59 Å². The van der Waals surface area contributed by atoms with Crippen LogP contribution in [0.1, 0.15) is 23.3 Å². The first-order valence-corrected chi connectivity index (χ1v) is 10.5. The fourth-order valence-electron chi connectivity index (χ4n) is 2.79. The molecule has 25 heavy (non-hydrogen) atoms. The molecule has 0 saturated carbocycles. The number of thiophene rings is 1. The summed E-state index contributed by atoms with van der Waals surface area (Å²) in [6, 6.07) is 11.9. The van der Waals surface area contributed by atoms with E-state index in [-0.39, 0.29) is 11.8 Å². The van der Waals surface area contributed by atoms with Gasteiger partial charge in [-0.1, -0.05) is 18.2 Å². The second-order valence-electron chi connectivity index (χ2n) is 5.97. The van der Waals surface area contributed by atoms with Crippen molar-refractivity contribution in [1.29, 1.82) is 0 Å². The summed E-state index contributed by atoms with van der Waals surface area (Å²) in [6.07, 6.45) is 1.94. The predicted octanol–water partition coefficient (Wildman–Crippen LogP) is 3.47. The topological polar surface area (TPSA) is 49.4 Å². The predicted molar refractivity (Wildman–Crippen MR) is 105 cm³/mol. The van der Waals surface area contributed by atoms with Gasteiger partial charge in [0, 0.05) is 41.6 Å². The van der Waals surface area contributed by atoms with Crippen LogP contribution in [0, 0.1) is 0 Å². The highest BCUT2D eigenvalue weighted by Gasteiger charge is 2.21. The molecule has 1 N–H and O–H groups in total. The Bertz CT molecular complexity index is 699. The Balaban J connectivity index is 1.36. The molecule has 1 aliphatic rings. The standard InChI is InChI=1S/C19H22N2O2S2/c22-18(20-9-12-24-14-17-3-2-11-25-17)13-15-5-7-16(8-6-15)21-10-1-4-19(21)23/h2-3,5-8,11H,1,4,9-10,12-14H2,(H,20,22). The second-order valence-corrected chi connectivity index (χ2v) is 8.11. The molecule has 2 heterocycles. The number of benzene rings is 1. The third-order valence-corrected chi connectivity index (χ3v) is 6.15. The molecule has 0 spiro atoms. The zero-order chi connectivity index (χ0) is 17.5. The lowest BCUT2D eigenvalue weighted by Gasteiger charge is -2.15. The normalized spacial score (nSPS) is 14.1. The van der Waals surface area contributed by atoms with Crippen molar-refractivity contribution in [2.24, 2.45) is 0 Å². The Kier molecular flexibility index (Phi) is 6.53. The molecule has 0 bridgehead atoms. The smallest absolute Gasteiger partial charge is 0.227 e. The Morgan fingerprint density at radius 3 is 2.76 bits per heavy atom. The van der Waals surface area contributed by atoms with Crippen molar-refractivity contribution in [3.05, 3.63) is 52.2 Å². The Morgan fingerprint density at radius 2 is 2.08 bits per heavy atom. The van der Waals surface area contributed by atoms with Gasteiger partial charge in [0.05, 0.1) is 6.42 Å². The summed E-state index contributed by atoms with van der Waals surface area (Å²) in [7, 11) is 0. The van der Waals surface area contributed by atoms with Gasteiger partial charge in [-0.2, -0.15) is 11.8 Å². The fraction of sp³-hybridized carbons (Fsp3) is 0.368. The van der Waals surface area contributed by atoms with Crippen LogP contribution in [0.3, 0.4) is 0 Å². The first-order valence-electron chi connectivity index (χ1n) is 8.48. The van der Waals surface area contributed by atoms with Crippen LogP contribution in [0.5, 0.6) is 0 Å². The number of nitrogens with one attached hydrogen (secondary N) is 1. The SMILES string of the molecule is O=C(Cc1ccc(N2CCCC2=O)cc1)NCCSCc1cccs1. The van der Waals surface area contributed by atoms with Crippen LogP contribution in [0.2, 0.25) is 0 Å². The van der Waals surface area contributed by atoms with Crippen molar-refractivity contribution in [3.63, 3.8) is 0 Å². The molecule has 0 unspecified atom stereocenters. The number of rotatable bonds is 8. The minimum atomic E-state index is 0.0433. The molecule has 1 aromatic carbocycles. The number of carbonyl (C=O) groups excluding carboxylic acids is 2. The first kappa shape index (κ1) is 18.0. The van der Waals surface area contributed by atoms with Gasteiger partial charge in [-0.25, -0.2) is 0 Å². The van der Waals surface area contributed by atoms with Gasteiger partial charge in [0.15, 0.2) is 0 Å². The fourth-order valence-corrected chi connectivity index (χ4v) is 4.49. The third kappa shape index (κ3) is 5.34. The lowest BCUT2D eigenvalue weighted by atomic mass is 10.1. The third-order valence-electron chi connectivity index (χ3n) is 4.08. The number of thioether (sulfide) groups is 1. The summed E-state index contributed by atoms with van der Waals surface area (Å²) in [5.74, 6) is 2.15. The summed E-state index contributed by atoms with van der Waals surface area (Å²) >= 11 is 3.60. The number of anilines is 1. The molecular formula is C19H22N2O2S2. The summed E-state index contributed by atoms with van der Waals surface area (Å²) in [4.78, 5) is 26.9. The maximum Gasteiger partial charge on any atom is 0.227 e. The van der Waals surface area contributed by atoms with Crippen molar-refractivity contribution in [2.75, 3.05) is 23.7 Å². The monoisotopic (exact) mass is 374 g/mol. The molecule has 2 amide bonds. The highest BCUT2D eigenvalue weighted by atomic mass is 32.2. The van der Waals surface area contributed by atoms with E-state index < -0.39 is 0 Å². The van der Waals surface area contributed by atoms with Gasteiger partial charge in [0.25, 0.3) is 0 Å². The summed E-state index contributed by atoms with van der Waals surface area (Å²) < 4.78 is 0. The Labute approximate surface area is 156 Å². The maximum absolute atomic E-state index is 12.0. The molecule has 0 aliphatic carbocycles. The Morgan fingerprint density at radius 1 is 1.24 bits per heavy atom. The largest absolute Gasteiger partial charge is 0.355 e. The van der Waals surface area contributed by atoms with Gasteiger partial charge in [-0.15, -0.1) is 11.3 Å². The minimum absolute atomic E-state index is 0.0433. The van der Waals surface area contributed by atoms with E-state index in [4.69, 9.17) is 0 Å². The van der Waals surface area contributed by atoms with E-state index in [9.17, 15) is 9.59 Å². The van der Waals surface area contributed by atoms with E-state index >= 15 is 0 Å². The maximum atomic E-state index is 12.0. The molecule has 1 saturated heterocycles. The average Bonchev–Trinajstić information content (AvgIpc) is 3.27. The molecule has 132 valence electrons. The lowest BCUT2D eigenvalue weighted by Crippen LogP contribution is -2.27. The van der Waals surface area contributed by atoms with Crippen molar-refractivity contribution >= 4 is 40.6 Å². The molecule has 1 aliphatic heterocycles. The average molecular weight is 375 g/mol. The van der Waals surface area contributed by atoms with E-state index in [0.29, 0.717) is 19.4 Å². The van der Waals surface area contributed by atoms with Crippen LogP contribution in [0.4, 0.5) is 5.69 Å². The van der Waals surface area contributed by atoms with E-state index in [1.54, 1.807) is 11.3 Å². The van der Waals surface area contributed by atoms with Crippen LogP contribution in [-0.4, -0.2) is 30.7 Å². The molecule has 6 heteroatoms. The molecule has 1 fully saturated rings. The van der Waals surface area contributed by atoms with Crippen LogP contribution >= 0.6 is 23.1 Å². The van der Waals surface area contributed by atoms with Crippen LogP contribution in [0.15, 0.2) is 41.8 Å². The molecule has 4 nitrogen and oxygen atoms in total. The van der Waals surface area contributed by atoms with E-state index in [2.05, 4.69) is 22.8 Å². The van der Waals surface area contributed by atoms with E-state index in [1.165, 1.54) is 4.88 Å². The highest BCUT2D eigenvalue weighted by molar-refractivity contribution is 7.98. The van der Waals surface area contributed by atoms with Gasteiger partial charge in [0.1, 0.15) is 0 Å². The summed E-state index contributed by atoms with van der Waals surface area (Å²) in [5, 5.41) is 5.05. The van der Waals surface area contributed by atoms with Crippen LogP contribution in [-0.2, 0) is 21.8 Å². The quantitative estimate of drug-likeness (QED) is 0.720. The molecule has 2 aromatic rings. The molecule has 3 rings (SSSR count). The van der Waals surface area contributed by atoms with Crippen LogP contribution < -0.4 is 10.2 Å². The van der Waals surface area contributed by atoms with Gasteiger partial charge in [-0.05, 0) is 35.6 Å². The second kappa shape index (κ2) is 9.06. The van der Waals surface area contributed by atoms with Gasteiger partial charge in [0.2, 0.25) is 11.8 Å². The van der Waals surface area contributed by atoms with Crippen molar-refractivity contribution in [3.8, 4) is 0 Å². The zero-order valence-corrected chi connectivity index (χ0v) is 15.7. The van der Waals surface area contributed by atoms with Crippen molar-refractivity contribution in [2.45, 2.75) is 25.0 Å². The zero-order valence-electron chi connectivity index (χ0n) is 14.1. The summed E-state index contributed by atoms with van der Waals surface area (Å²) in [6.45, 7) is 1.48. The number of hydrogen-bond acceptors (Lipinski definition) is 4. The molecular weight excluding hydrogens is 352 g/mol. The lowest BCUT2D eigenvalue weighted by molar-refractivity contribution is -0.120. The number of nitrogens with zero attached hydrogens (tertiary/aromatic N) is 1. The van der Waals surface area contributed by atoms with E-state index in [0.717, 1.165) is 35.7 Å². The number of carbonyl (C=O) groups is 2. The molecule has 1 aromatic heterocycles. The van der Waals surface area contributed by atoms with Gasteiger partial charge in [-0.3, -0.25) is 9.59 Å². The molecule has 0 radical (unpaired) electrons. The van der Waals surface area contributed by atoms with Gasteiger partial charge >= 0.3 is 0 Å². The number of amides is 2. The van der Waals surface area contributed by atoms with E-state index in [1.807, 2.05) is 40.9 Å². The highest BCUT2D eigenvalue weighted by Crippen LogP contribution is 2.21. The number of hydrogen-bond donors (Lipinski definition) is 1. The van der Waals surface area contributed by atoms with Crippen LogP contribution in [0.25, 0.3) is 0 Å². The summed E-state index contributed by atoms with van der Waals surface area (Å²) in [5.41, 5.74) is 1.90. The van der Waals surface area contributed by atoms with Crippen molar-refractivity contribution in [1.82, 2.24) is 5.32 Å². The first-order chi connectivity index (χ1) is 12.2. The van der Waals surface area contributed by atoms with Gasteiger partial charge < -0.3 is 10.2 Å². The Hall–Kier alpha value is -1.79. The minimum Gasteiger partial charge on any atom is -0.355 e. The molecule has 0 atom stereocenters.